The Balaban J connectivity index is 2.09. The predicted molar refractivity (Wildman–Crippen MR) is 88.0 cm³/mol. The Bertz CT molecular complexity index is 663. The van der Waals surface area contributed by atoms with Gasteiger partial charge in [0.2, 0.25) is 18.3 Å². The summed E-state index contributed by atoms with van der Waals surface area (Å²) in [5.41, 5.74) is 2.41. The average molecular weight is 389 g/mol. The van der Waals surface area contributed by atoms with Crippen LogP contribution in [0.3, 0.4) is 0 Å². The monoisotopic (exact) mass is 389 g/mol. The molecule has 1 aliphatic carbocycles. The second kappa shape index (κ2) is 8.51. The highest BCUT2D eigenvalue weighted by Gasteiger charge is 2.43. The zero-order valence-electron chi connectivity index (χ0n) is 14.8. The highest BCUT2D eigenvalue weighted by Crippen LogP contribution is 2.40. The van der Waals surface area contributed by atoms with Crippen LogP contribution in [-0.4, -0.2) is 39.1 Å². The quantitative estimate of drug-likeness (QED) is 0.375. The number of hydrogen-bond acceptors (Lipinski definition) is 6. The SMILES string of the molecule is CCC1CCC(CN(O)C=O)(C(=O)NNc2nccc(C(F)(F)F)n2)CC1. The maximum absolute atomic E-state index is 12.7. The molecule has 27 heavy (non-hydrogen) atoms. The molecule has 1 heterocycles. The summed E-state index contributed by atoms with van der Waals surface area (Å²) in [5, 5.41) is 9.98. The fraction of sp³-hybridized carbons (Fsp3) is 0.625. The molecule has 2 amide bonds. The van der Waals surface area contributed by atoms with Crippen molar-refractivity contribution in [2.75, 3.05) is 12.0 Å². The molecule has 1 saturated carbocycles. The summed E-state index contributed by atoms with van der Waals surface area (Å²) in [7, 11) is 0. The molecular weight excluding hydrogens is 367 g/mol. The molecule has 1 aromatic heterocycles. The van der Waals surface area contributed by atoms with Crippen molar-refractivity contribution in [3.63, 3.8) is 0 Å². The number of hydrazine groups is 1. The minimum Gasteiger partial charge on any atom is -0.286 e. The number of nitrogens with one attached hydrogen (secondary N) is 2. The van der Waals surface area contributed by atoms with E-state index in [2.05, 4.69) is 20.8 Å². The number of carbonyl (C=O) groups excluding carboxylic acids is 2. The first-order valence-electron chi connectivity index (χ1n) is 8.57. The summed E-state index contributed by atoms with van der Waals surface area (Å²) < 4.78 is 38.1. The number of halogens is 3. The van der Waals surface area contributed by atoms with Gasteiger partial charge in [0.25, 0.3) is 0 Å². The molecule has 2 rings (SSSR count). The van der Waals surface area contributed by atoms with Crippen LogP contribution in [-0.2, 0) is 15.8 Å². The van der Waals surface area contributed by atoms with Gasteiger partial charge < -0.3 is 0 Å². The second-order valence-corrected chi connectivity index (χ2v) is 6.68. The topological polar surface area (TPSA) is 107 Å². The minimum atomic E-state index is -4.63. The lowest BCUT2D eigenvalue weighted by Gasteiger charge is -2.39. The molecule has 0 saturated heterocycles. The predicted octanol–water partition coefficient (Wildman–Crippen LogP) is 2.37. The smallest absolute Gasteiger partial charge is 0.286 e. The van der Waals surface area contributed by atoms with E-state index in [1.807, 2.05) is 6.92 Å². The number of amides is 2. The summed E-state index contributed by atoms with van der Waals surface area (Å²) in [6.45, 7) is 1.85. The zero-order chi connectivity index (χ0) is 20.1. The van der Waals surface area contributed by atoms with Crippen LogP contribution >= 0.6 is 0 Å². The van der Waals surface area contributed by atoms with Crippen molar-refractivity contribution in [3.8, 4) is 0 Å². The van der Waals surface area contributed by atoms with Gasteiger partial charge >= 0.3 is 6.18 Å². The number of hydroxylamine groups is 2. The van der Waals surface area contributed by atoms with Crippen molar-refractivity contribution in [2.24, 2.45) is 11.3 Å². The van der Waals surface area contributed by atoms with Crippen molar-refractivity contribution >= 4 is 18.3 Å². The standard InChI is InChI=1S/C16H22F3N5O3/c1-2-11-3-6-15(7-4-11,9-24(27)10-25)13(26)22-23-14-20-8-5-12(21-14)16(17,18)19/h5,8,10-11,27H,2-4,6-7,9H2,1H3,(H,22,26)(H,20,21,23). The van der Waals surface area contributed by atoms with Crippen molar-refractivity contribution in [2.45, 2.75) is 45.2 Å². The number of aromatic nitrogens is 2. The summed E-state index contributed by atoms with van der Waals surface area (Å²) in [6.07, 6.45) is -0.165. The van der Waals surface area contributed by atoms with Crippen LogP contribution in [0.25, 0.3) is 0 Å². The van der Waals surface area contributed by atoms with Gasteiger partial charge in [0.05, 0.1) is 12.0 Å². The van der Waals surface area contributed by atoms with E-state index in [0.29, 0.717) is 29.9 Å². The highest BCUT2D eigenvalue weighted by molar-refractivity contribution is 5.84. The summed E-state index contributed by atoms with van der Waals surface area (Å²) in [4.78, 5) is 30.4. The van der Waals surface area contributed by atoms with Gasteiger partial charge in [-0.15, -0.1) is 0 Å². The molecule has 3 N–H and O–H groups in total. The Morgan fingerprint density at radius 2 is 2.11 bits per heavy atom. The highest BCUT2D eigenvalue weighted by atomic mass is 19.4. The molecular formula is C16H22F3N5O3. The second-order valence-electron chi connectivity index (χ2n) is 6.68. The van der Waals surface area contributed by atoms with E-state index in [9.17, 15) is 28.0 Å². The first kappa shape index (κ1) is 20.9. The summed E-state index contributed by atoms with van der Waals surface area (Å²) in [5.74, 6) is -0.500. The molecule has 1 aromatic rings. The van der Waals surface area contributed by atoms with Crippen LogP contribution in [0.1, 0.15) is 44.7 Å². The number of anilines is 1. The molecule has 0 aromatic carbocycles. The number of alkyl halides is 3. The van der Waals surface area contributed by atoms with Crippen LogP contribution < -0.4 is 10.9 Å². The number of nitrogens with zero attached hydrogens (tertiary/aromatic N) is 3. The third kappa shape index (κ3) is 5.28. The molecule has 0 radical (unpaired) electrons. The van der Waals surface area contributed by atoms with Crippen LogP contribution in [0, 0.1) is 11.3 Å². The Kier molecular flexibility index (Phi) is 6.58. The van der Waals surface area contributed by atoms with E-state index in [1.54, 1.807) is 0 Å². The lowest BCUT2D eigenvalue weighted by molar-refractivity contribution is -0.163. The molecule has 150 valence electrons. The first-order valence-corrected chi connectivity index (χ1v) is 8.57. The molecule has 1 fully saturated rings. The number of carbonyl (C=O) groups is 2. The normalized spacial score (nSPS) is 22.8. The van der Waals surface area contributed by atoms with E-state index in [4.69, 9.17) is 0 Å². The van der Waals surface area contributed by atoms with Gasteiger partial charge in [0.1, 0.15) is 5.69 Å². The Morgan fingerprint density at radius 1 is 1.44 bits per heavy atom. The third-order valence-corrected chi connectivity index (χ3v) is 4.94. The molecule has 0 unspecified atom stereocenters. The maximum atomic E-state index is 12.7. The molecule has 0 aliphatic heterocycles. The van der Waals surface area contributed by atoms with Crippen molar-refractivity contribution in [1.82, 2.24) is 20.5 Å². The number of hydrogen-bond donors (Lipinski definition) is 3. The lowest BCUT2D eigenvalue weighted by atomic mass is 9.69. The lowest BCUT2D eigenvalue weighted by Crippen LogP contribution is -2.51. The molecule has 0 bridgehead atoms. The van der Waals surface area contributed by atoms with Crippen molar-refractivity contribution in [1.29, 1.82) is 0 Å². The first-order chi connectivity index (χ1) is 12.7. The maximum Gasteiger partial charge on any atom is 0.433 e. The molecule has 0 spiro atoms. The van der Waals surface area contributed by atoms with Gasteiger partial charge in [0.15, 0.2) is 0 Å². The van der Waals surface area contributed by atoms with Gasteiger partial charge in [-0.1, -0.05) is 13.3 Å². The van der Waals surface area contributed by atoms with Gasteiger partial charge in [-0.2, -0.15) is 13.2 Å². The van der Waals surface area contributed by atoms with Gasteiger partial charge in [-0.3, -0.25) is 25.6 Å². The largest absolute Gasteiger partial charge is 0.433 e. The van der Waals surface area contributed by atoms with Crippen LogP contribution in [0.4, 0.5) is 19.1 Å². The Morgan fingerprint density at radius 3 is 2.67 bits per heavy atom. The Labute approximate surface area is 154 Å². The molecule has 0 atom stereocenters. The van der Waals surface area contributed by atoms with Crippen LogP contribution in [0.15, 0.2) is 12.3 Å². The van der Waals surface area contributed by atoms with Gasteiger partial charge in [-0.05, 0) is 37.7 Å². The molecule has 11 heteroatoms. The van der Waals surface area contributed by atoms with E-state index < -0.39 is 29.1 Å². The molecule has 8 nitrogen and oxygen atoms in total. The third-order valence-electron chi connectivity index (χ3n) is 4.94. The summed E-state index contributed by atoms with van der Waals surface area (Å²) in [6, 6.07) is 0.717. The Hall–Kier alpha value is -2.43. The average Bonchev–Trinajstić information content (AvgIpc) is 2.66. The minimum absolute atomic E-state index is 0.204. The van der Waals surface area contributed by atoms with Crippen LogP contribution in [0.2, 0.25) is 0 Å². The zero-order valence-corrected chi connectivity index (χ0v) is 14.8. The fourth-order valence-corrected chi connectivity index (χ4v) is 3.26. The van der Waals surface area contributed by atoms with E-state index in [0.717, 1.165) is 25.5 Å². The summed E-state index contributed by atoms with van der Waals surface area (Å²) >= 11 is 0. The van der Waals surface area contributed by atoms with Crippen LogP contribution in [0.5, 0.6) is 0 Å². The van der Waals surface area contributed by atoms with E-state index in [-0.39, 0.29) is 13.0 Å². The number of rotatable bonds is 7. The van der Waals surface area contributed by atoms with Crippen molar-refractivity contribution < 1.29 is 28.0 Å². The van der Waals surface area contributed by atoms with E-state index in [1.165, 1.54) is 0 Å². The molecule has 1 aliphatic rings. The van der Waals surface area contributed by atoms with Gasteiger partial charge in [0, 0.05) is 6.20 Å². The fourth-order valence-electron chi connectivity index (χ4n) is 3.26. The van der Waals surface area contributed by atoms with Crippen molar-refractivity contribution in [3.05, 3.63) is 18.0 Å². The van der Waals surface area contributed by atoms with Gasteiger partial charge in [-0.25, -0.2) is 15.0 Å². The van der Waals surface area contributed by atoms with E-state index >= 15 is 0 Å².